The van der Waals surface area contributed by atoms with E-state index in [9.17, 15) is 4.79 Å². The molecule has 3 aromatic rings. The number of hydrazone groups is 1. The van der Waals surface area contributed by atoms with Crippen LogP contribution in [0.2, 0.25) is 5.02 Å². The standard InChI is InChI=1S/C28H28ClN5OS/c1-2-3-4-5-6-11-25-32-34-26(30)23(27(35)31-28(34)36-25)16-20-18-33(24-10-8-7-9-22(20)24)17-19-12-14-21(29)15-13-19/h7-10,12-16,18,30H,2-6,11,17H2,1H3. The van der Waals surface area contributed by atoms with Gasteiger partial charge in [0.2, 0.25) is 5.17 Å². The molecule has 8 heteroatoms. The van der Waals surface area contributed by atoms with Gasteiger partial charge in [0, 0.05) is 34.2 Å². The topological polar surface area (TPSA) is 73.8 Å². The number of para-hydroxylation sites is 1. The minimum Gasteiger partial charge on any atom is -0.342 e. The number of thioether (sulfide) groups is 1. The van der Waals surface area contributed by atoms with Crippen LogP contribution in [0.3, 0.4) is 0 Å². The summed E-state index contributed by atoms with van der Waals surface area (Å²) in [7, 11) is 0. The zero-order valence-electron chi connectivity index (χ0n) is 20.2. The van der Waals surface area contributed by atoms with E-state index >= 15 is 0 Å². The van der Waals surface area contributed by atoms with Gasteiger partial charge in [-0.3, -0.25) is 10.2 Å². The van der Waals surface area contributed by atoms with E-state index in [1.165, 1.54) is 42.5 Å². The molecule has 0 radical (unpaired) electrons. The number of carbonyl (C=O) groups excluding carboxylic acids is 1. The van der Waals surface area contributed by atoms with Crippen molar-refractivity contribution in [1.29, 1.82) is 5.41 Å². The molecule has 0 atom stereocenters. The van der Waals surface area contributed by atoms with E-state index in [-0.39, 0.29) is 11.4 Å². The van der Waals surface area contributed by atoms with Crippen LogP contribution in [-0.2, 0) is 11.3 Å². The van der Waals surface area contributed by atoms with E-state index < -0.39 is 5.91 Å². The highest BCUT2D eigenvalue weighted by Gasteiger charge is 2.35. The van der Waals surface area contributed by atoms with Gasteiger partial charge in [-0.25, -0.2) is 0 Å². The van der Waals surface area contributed by atoms with Crippen LogP contribution in [0.15, 0.2) is 70.4 Å². The van der Waals surface area contributed by atoms with Gasteiger partial charge in [0.15, 0.2) is 5.84 Å². The highest BCUT2D eigenvalue weighted by Crippen LogP contribution is 2.32. The van der Waals surface area contributed by atoms with Crippen molar-refractivity contribution in [3.05, 3.63) is 76.5 Å². The molecule has 0 fully saturated rings. The number of nitrogens with one attached hydrogen (secondary N) is 1. The zero-order chi connectivity index (χ0) is 25.1. The number of amidine groups is 2. The van der Waals surface area contributed by atoms with Gasteiger partial charge in [-0.05, 0) is 54.4 Å². The van der Waals surface area contributed by atoms with Crippen molar-refractivity contribution in [1.82, 2.24) is 9.58 Å². The van der Waals surface area contributed by atoms with E-state index in [0.29, 0.717) is 16.7 Å². The highest BCUT2D eigenvalue weighted by molar-refractivity contribution is 8.26. The van der Waals surface area contributed by atoms with Crippen molar-refractivity contribution in [2.24, 2.45) is 10.1 Å². The van der Waals surface area contributed by atoms with Crippen LogP contribution >= 0.6 is 23.4 Å². The summed E-state index contributed by atoms with van der Waals surface area (Å²) in [5, 5.41) is 18.0. The first-order valence-corrected chi connectivity index (χ1v) is 13.5. The summed E-state index contributed by atoms with van der Waals surface area (Å²) in [6.45, 7) is 2.88. The van der Waals surface area contributed by atoms with Crippen LogP contribution in [0.25, 0.3) is 17.0 Å². The number of hydrogen-bond donors (Lipinski definition) is 1. The molecule has 1 N–H and O–H groups in total. The lowest BCUT2D eigenvalue weighted by Gasteiger charge is -2.20. The highest BCUT2D eigenvalue weighted by atomic mass is 35.5. The van der Waals surface area contributed by atoms with Crippen LogP contribution in [0, 0.1) is 5.41 Å². The number of benzene rings is 2. The Hall–Kier alpha value is -3.16. The fraction of sp³-hybridized carbons (Fsp3) is 0.286. The van der Waals surface area contributed by atoms with E-state index in [2.05, 4.69) is 27.7 Å². The number of aromatic nitrogens is 1. The van der Waals surface area contributed by atoms with Crippen molar-refractivity contribution in [3.63, 3.8) is 0 Å². The molecule has 2 aliphatic heterocycles. The largest absolute Gasteiger partial charge is 0.342 e. The lowest BCUT2D eigenvalue weighted by Crippen LogP contribution is -2.35. The van der Waals surface area contributed by atoms with Gasteiger partial charge in [-0.15, -0.1) is 0 Å². The number of amides is 1. The van der Waals surface area contributed by atoms with Crippen molar-refractivity contribution < 1.29 is 4.79 Å². The smallest absolute Gasteiger partial charge is 0.283 e. The molecule has 2 aromatic carbocycles. The van der Waals surface area contributed by atoms with Crippen molar-refractivity contribution in [3.8, 4) is 0 Å². The summed E-state index contributed by atoms with van der Waals surface area (Å²) in [5.74, 6) is -0.319. The molecule has 0 bridgehead atoms. The van der Waals surface area contributed by atoms with Crippen LogP contribution in [-0.4, -0.2) is 31.5 Å². The number of rotatable bonds is 9. The van der Waals surface area contributed by atoms with E-state index in [0.717, 1.165) is 39.9 Å². The molecule has 1 amide bonds. The minimum atomic E-state index is -0.396. The van der Waals surface area contributed by atoms with Crippen molar-refractivity contribution >= 4 is 62.3 Å². The van der Waals surface area contributed by atoms with Crippen LogP contribution in [0.5, 0.6) is 0 Å². The predicted octanol–water partition coefficient (Wildman–Crippen LogP) is 7.32. The molecule has 0 saturated carbocycles. The third-order valence-corrected chi connectivity index (χ3v) is 7.60. The second-order valence-electron chi connectivity index (χ2n) is 9.03. The molecule has 36 heavy (non-hydrogen) atoms. The van der Waals surface area contributed by atoms with Gasteiger partial charge in [-0.2, -0.15) is 15.1 Å². The average molecular weight is 518 g/mol. The quantitative estimate of drug-likeness (QED) is 0.238. The molecular formula is C28H28ClN5OS. The maximum Gasteiger partial charge on any atom is 0.283 e. The Balaban J connectivity index is 1.40. The van der Waals surface area contributed by atoms with Crippen LogP contribution < -0.4 is 0 Å². The van der Waals surface area contributed by atoms with Gasteiger partial charge >= 0.3 is 0 Å². The number of unbranched alkanes of at least 4 members (excludes halogenated alkanes) is 4. The number of aliphatic imine (C=N–C) groups is 1. The molecular weight excluding hydrogens is 490 g/mol. The lowest BCUT2D eigenvalue weighted by molar-refractivity contribution is -0.114. The predicted molar refractivity (Wildman–Crippen MR) is 151 cm³/mol. The first-order valence-electron chi connectivity index (χ1n) is 12.3. The molecule has 2 aliphatic rings. The van der Waals surface area contributed by atoms with Gasteiger partial charge in [0.25, 0.3) is 5.91 Å². The van der Waals surface area contributed by atoms with Crippen LogP contribution in [0.1, 0.15) is 56.6 Å². The minimum absolute atomic E-state index is 0.0769. The molecule has 5 rings (SSSR count). The molecule has 184 valence electrons. The number of fused-ring (bicyclic) bond motifs is 2. The Morgan fingerprint density at radius 3 is 2.64 bits per heavy atom. The summed E-state index contributed by atoms with van der Waals surface area (Å²) in [6.07, 6.45) is 10.6. The normalized spacial score (nSPS) is 16.6. The number of carbonyl (C=O) groups is 1. The van der Waals surface area contributed by atoms with Gasteiger partial charge in [0.05, 0.1) is 5.57 Å². The summed E-state index contributed by atoms with van der Waals surface area (Å²) >= 11 is 7.45. The van der Waals surface area contributed by atoms with Crippen molar-refractivity contribution in [2.75, 3.05) is 0 Å². The molecule has 1 aromatic heterocycles. The Kier molecular flexibility index (Phi) is 7.39. The van der Waals surface area contributed by atoms with Crippen LogP contribution in [0.4, 0.5) is 0 Å². The number of hydrogen-bond acceptors (Lipinski definition) is 4. The molecule has 0 saturated heterocycles. The fourth-order valence-electron chi connectivity index (χ4n) is 4.48. The van der Waals surface area contributed by atoms with Gasteiger partial charge in [0.1, 0.15) is 5.04 Å². The SMILES string of the molecule is CCCCCCCC1=NN2C(=N)C(=Cc3cn(Cc4ccc(Cl)cc4)c4ccccc34)C(=O)N=C2S1. The molecule has 6 nitrogen and oxygen atoms in total. The summed E-state index contributed by atoms with van der Waals surface area (Å²) < 4.78 is 2.15. The Bertz CT molecular complexity index is 1400. The molecule has 3 heterocycles. The van der Waals surface area contributed by atoms with E-state index in [1.54, 1.807) is 6.08 Å². The molecule has 0 unspecified atom stereocenters. The maximum atomic E-state index is 12.9. The summed E-state index contributed by atoms with van der Waals surface area (Å²) in [5.41, 5.74) is 3.30. The Morgan fingerprint density at radius 2 is 1.83 bits per heavy atom. The second kappa shape index (κ2) is 10.8. The Morgan fingerprint density at radius 1 is 1.06 bits per heavy atom. The van der Waals surface area contributed by atoms with E-state index in [4.69, 9.17) is 17.0 Å². The average Bonchev–Trinajstić information content (AvgIpc) is 3.44. The Labute approximate surface area is 220 Å². The first-order chi connectivity index (χ1) is 17.5. The second-order valence-corrected chi connectivity index (χ2v) is 10.5. The monoisotopic (exact) mass is 517 g/mol. The third kappa shape index (κ3) is 5.18. The van der Waals surface area contributed by atoms with Gasteiger partial charge < -0.3 is 4.57 Å². The van der Waals surface area contributed by atoms with E-state index in [1.807, 2.05) is 48.7 Å². The third-order valence-electron chi connectivity index (χ3n) is 6.38. The summed E-state index contributed by atoms with van der Waals surface area (Å²) in [6, 6.07) is 15.9. The number of halogens is 1. The molecule has 0 aliphatic carbocycles. The zero-order valence-corrected chi connectivity index (χ0v) is 21.8. The van der Waals surface area contributed by atoms with Gasteiger partial charge in [-0.1, -0.05) is 74.5 Å². The molecule has 0 spiro atoms. The van der Waals surface area contributed by atoms with Crippen molar-refractivity contribution in [2.45, 2.75) is 52.0 Å². The maximum absolute atomic E-state index is 12.9. The number of nitrogens with zero attached hydrogens (tertiary/aromatic N) is 4. The fourth-order valence-corrected chi connectivity index (χ4v) is 5.53. The first kappa shape index (κ1) is 24.5. The lowest BCUT2D eigenvalue weighted by atomic mass is 10.1. The summed E-state index contributed by atoms with van der Waals surface area (Å²) in [4.78, 5) is 17.2.